The molecule has 3 nitrogen and oxygen atoms in total. The molecular weight excluding hydrogens is 247 g/mol. The van der Waals surface area contributed by atoms with Gasteiger partial charge in [0.05, 0.1) is 15.6 Å². The lowest BCUT2D eigenvalue weighted by Gasteiger charge is -2.06. The van der Waals surface area contributed by atoms with Crippen LogP contribution in [0, 0.1) is 0 Å². The van der Waals surface area contributed by atoms with Crippen molar-refractivity contribution in [3.8, 4) is 11.1 Å². The summed E-state index contributed by atoms with van der Waals surface area (Å²) in [6.45, 7) is 1.95. The molecule has 5 heteroatoms. The Bertz CT molecular complexity index is 502. The first kappa shape index (κ1) is 11.3. The summed E-state index contributed by atoms with van der Waals surface area (Å²) >= 11 is 12.2. The normalized spacial score (nSPS) is 10.7. The molecule has 1 aromatic carbocycles. The molecule has 84 valence electrons. The van der Waals surface area contributed by atoms with E-state index in [1.807, 2.05) is 6.92 Å². The van der Waals surface area contributed by atoms with Crippen LogP contribution >= 0.6 is 23.2 Å². The first-order chi connectivity index (χ1) is 7.65. The summed E-state index contributed by atoms with van der Waals surface area (Å²) in [5.41, 5.74) is 7.14. The molecule has 16 heavy (non-hydrogen) atoms. The van der Waals surface area contributed by atoms with Crippen LogP contribution in [0.4, 0.5) is 5.82 Å². The molecule has 1 aromatic heterocycles. The molecular formula is C11H10Cl2N2O. The monoisotopic (exact) mass is 256 g/mol. The van der Waals surface area contributed by atoms with Crippen LogP contribution in [0.15, 0.2) is 22.7 Å². The van der Waals surface area contributed by atoms with Gasteiger partial charge in [-0.15, -0.1) is 0 Å². The number of hydrogen-bond acceptors (Lipinski definition) is 3. The van der Waals surface area contributed by atoms with Crippen LogP contribution in [0.5, 0.6) is 0 Å². The number of aryl methyl sites for hydroxylation is 1. The van der Waals surface area contributed by atoms with Gasteiger partial charge in [-0.25, -0.2) is 0 Å². The highest BCUT2D eigenvalue weighted by Gasteiger charge is 2.19. The van der Waals surface area contributed by atoms with Gasteiger partial charge in [0.25, 0.3) is 0 Å². The third kappa shape index (κ3) is 1.77. The highest BCUT2D eigenvalue weighted by Crippen LogP contribution is 2.39. The second-order valence-electron chi connectivity index (χ2n) is 3.32. The Hall–Kier alpha value is -1.19. The van der Waals surface area contributed by atoms with Crippen LogP contribution in [-0.4, -0.2) is 5.16 Å². The third-order valence-corrected chi connectivity index (χ3v) is 2.95. The molecule has 2 rings (SSSR count). The number of nitrogens with two attached hydrogens (primary N) is 1. The first-order valence-electron chi connectivity index (χ1n) is 4.83. The van der Waals surface area contributed by atoms with Gasteiger partial charge in [-0.05, 0) is 12.1 Å². The fourth-order valence-corrected chi connectivity index (χ4v) is 2.17. The minimum absolute atomic E-state index is 0.312. The molecule has 0 aliphatic rings. The number of hydrogen-bond donors (Lipinski definition) is 1. The molecule has 0 bridgehead atoms. The Labute approximate surface area is 103 Å². The number of nitrogen functional groups attached to an aromatic ring is 1. The zero-order valence-corrected chi connectivity index (χ0v) is 10.1. The summed E-state index contributed by atoms with van der Waals surface area (Å²) in [4.78, 5) is 0. The van der Waals surface area contributed by atoms with Crippen LogP contribution in [0.25, 0.3) is 11.1 Å². The van der Waals surface area contributed by atoms with E-state index in [1.165, 1.54) is 0 Å². The number of rotatable bonds is 2. The Morgan fingerprint density at radius 1 is 1.25 bits per heavy atom. The fourth-order valence-electron chi connectivity index (χ4n) is 1.58. The van der Waals surface area contributed by atoms with Crippen LogP contribution in [-0.2, 0) is 6.42 Å². The van der Waals surface area contributed by atoms with E-state index in [1.54, 1.807) is 18.2 Å². The second-order valence-corrected chi connectivity index (χ2v) is 4.13. The number of anilines is 1. The lowest BCUT2D eigenvalue weighted by atomic mass is 10.0. The van der Waals surface area contributed by atoms with Gasteiger partial charge < -0.3 is 10.3 Å². The van der Waals surface area contributed by atoms with Crippen LogP contribution in [0.1, 0.15) is 12.7 Å². The quantitative estimate of drug-likeness (QED) is 0.890. The van der Waals surface area contributed by atoms with Crippen LogP contribution < -0.4 is 5.73 Å². The summed E-state index contributed by atoms with van der Waals surface area (Å²) in [6.07, 6.45) is 0.682. The van der Waals surface area contributed by atoms with Crippen LogP contribution in [0.2, 0.25) is 10.0 Å². The first-order valence-corrected chi connectivity index (χ1v) is 5.59. The van der Waals surface area contributed by atoms with Gasteiger partial charge in [0.1, 0.15) is 5.76 Å². The predicted molar refractivity (Wildman–Crippen MR) is 65.7 cm³/mol. The highest BCUT2D eigenvalue weighted by atomic mass is 35.5. The molecule has 0 aliphatic heterocycles. The maximum Gasteiger partial charge on any atom is 0.175 e. The average Bonchev–Trinajstić information content (AvgIpc) is 2.60. The topological polar surface area (TPSA) is 52.0 Å². The minimum Gasteiger partial charge on any atom is -0.380 e. The van der Waals surface area contributed by atoms with Gasteiger partial charge in [-0.3, -0.25) is 0 Å². The molecule has 0 fully saturated rings. The summed E-state index contributed by atoms with van der Waals surface area (Å²) in [5.74, 6) is 0.999. The molecule has 0 saturated heterocycles. The maximum absolute atomic E-state index is 6.11. The van der Waals surface area contributed by atoms with E-state index in [0.717, 1.165) is 0 Å². The van der Waals surface area contributed by atoms with Crippen molar-refractivity contribution in [3.63, 3.8) is 0 Å². The van der Waals surface area contributed by atoms with E-state index < -0.39 is 0 Å². The van der Waals surface area contributed by atoms with Crippen LogP contribution in [0.3, 0.4) is 0 Å². The van der Waals surface area contributed by atoms with Gasteiger partial charge in [0.15, 0.2) is 5.82 Å². The molecule has 0 unspecified atom stereocenters. The SMILES string of the molecule is CCc1onc(N)c1-c1c(Cl)cccc1Cl. The van der Waals surface area contributed by atoms with E-state index in [-0.39, 0.29) is 0 Å². The van der Waals surface area contributed by atoms with Gasteiger partial charge >= 0.3 is 0 Å². The molecule has 0 aliphatic carbocycles. The number of nitrogens with zero attached hydrogens (tertiary/aromatic N) is 1. The maximum atomic E-state index is 6.11. The molecule has 0 radical (unpaired) electrons. The van der Waals surface area contributed by atoms with Crippen molar-refractivity contribution in [2.75, 3.05) is 5.73 Å². The van der Waals surface area contributed by atoms with Crippen molar-refractivity contribution in [2.24, 2.45) is 0 Å². The molecule has 2 N–H and O–H groups in total. The molecule has 0 saturated carbocycles. The Morgan fingerprint density at radius 2 is 1.88 bits per heavy atom. The minimum atomic E-state index is 0.312. The Kier molecular flexibility index (Phi) is 3.08. The summed E-state index contributed by atoms with van der Waals surface area (Å²) < 4.78 is 5.12. The fraction of sp³-hybridized carbons (Fsp3) is 0.182. The molecule has 0 amide bonds. The lowest BCUT2D eigenvalue weighted by molar-refractivity contribution is 0.390. The standard InChI is InChI=1S/C11H10Cl2N2O/c1-2-8-10(11(14)15-16-8)9-6(12)4-3-5-7(9)13/h3-5H,2H2,1H3,(H2,14,15). The van der Waals surface area contributed by atoms with Gasteiger partial charge in [-0.2, -0.15) is 0 Å². The van der Waals surface area contributed by atoms with Crippen molar-refractivity contribution in [1.29, 1.82) is 0 Å². The van der Waals surface area contributed by atoms with E-state index in [4.69, 9.17) is 33.5 Å². The smallest absolute Gasteiger partial charge is 0.175 e. The van der Waals surface area contributed by atoms with Crippen molar-refractivity contribution >= 4 is 29.0 Å². The van der Waals surface area contributed by atoms with E-state index >= 15 is 0 Å². The molecule has 0 spiro atoms. The number of aromatic nitrogens is 1. The van der Waals surface area contributed by atoms with Gasteiger partial charge in [-0.1, -0.05) is 41.3 Å². The number of halogens is 2. The summed E-state index contributed by atoms with van der Waals surface area (Å²) in [5, 5.41) is 4.81. The Balaban J connectivity index is 2.71. The largest absolute Gasteiger partial charge is 0.380 e. The molecule has 1 heterocycles. The molecule has 0 atom stereocenters. The average molecular weight is 257 g/mol. The highest BCUT2D eigenvalue weighted by molar-refractivity contribution is 6.39. The number of benzene rings is 1. The van der Waals surface area contributed by atoms with Crippen molar-refractivity contribution < 1.29 is 4.52 Å². The van der Waals surface area contributed by atoms with Crippen molar-refractivity contribution in [2.45, 2.75) is 13.3 Å². The van der Waals surface area contributed by atoms with Crippen molar-refractivity contribution in [1.82, 2.24) is 5.16 Å². The Morgan fingerprint density at radius 3 is 2.44 bits per heavy atom. The van der Waals surface area contributed by atoms with E-state index in [9.17, 15) is 0 Å². The van der Waals surface area contributed by atoms with Gasteiger partial charge in [0.2, 0.25) is 0 Å². The zero-order chi connectivity index (χ0) is 11.7. The molecule has 2 aromatic rings. The van der Waals surface area contributed by atoms with Crippen molar-refractivity contribution in [3.05, 3.63) is 34.0 Å². The third-order valence-electron chi connectivity index (χ3n) is 2.32. The summed E-state index contributed by atoms with van der Waals surface area (Å²) in [7, 11) is 0. The lowest BCUT2D eigenvalue weighted by Crippen LogP contribution is -1.91. The van der Waals surface area contributed by atoms with Gasteiger partial charge in [0, 0.05) is 12.0 Å². The zero-order valence-electron chi connectivity index (χ0n) is 8.63. The second kappa shape index (κ2) is 4.36. The summed E-state index contributed by atoms with van der Waals surface area (Å²) in [6, 6.07) is 5.30. The van der Waals surface area contributed by atoms with E-state index in [2.05, 4.69) is 5.16 Å². The predicted octanol–water partition coefficient (Wildman–Crippen LogP) is 3.79. The van der Waals surface area contributed by atoms with E-state index in [0.29, 0.717) is 39.2 Å².